The maximum Gasteiger partial charge on any atom is 0.454 e. The summed E-state index contributed by atoms with van der Waals surface area (Å²) in [5, 5.41) is 16.1. The third-order valence-electron chi connectivity index (χ3n) is 6.64. The monoisotopic (exact) mass is 586 g/mol. The first-order chi connectivity index (χ1) is 19.1. The highest BCUT2D eigenvalue weighted by molar-refractivity contribution is 6.37. The molecule has 13 heteroatoms. The van der Waals surface area contributed by atoms with Crippen molar-refractivity contribution in [3.05, 3.63) is 85.9 Å². The van der Waals surface area contributed by atoms with Crippen molar-refractivity contribution in [1.29, 1.82) is 5.26 Å². The van der Waals surface area contributed by atoms with Crippen molar-refractivity contribution in [2.75, 3.05) is 18.4 Å². The Kier molecular flexibility index (Phi) is 7.51. The minimum atomic E-state index is -5.05. The summed E-state index contributed by atoms with van der Waals surface area (Å²) in [6.07, 6.45) is -1.40. The molecular formula is C27H19Cl2F3N6O2. The molecule has 0 unspecified atom stereocenters. The largest absolute Gasteiger partial charge is 0.454 e. The lowest BCUT2D eigenvalue weighted by atomic mass is 9.85. The normalized spacial score (nSPS) is 14.2. The number of carbonyl (C=O) groups is 1. The van der Waals surface area contributed by atoms with E-state index in [1.807, 2.05) is 6.07 Å². The van der Waals surface area contributed by atoms with Crippen LogP contribution in [0.5, 0.6) is 0 Å². The first kappa shape index (κ1) is 27.6. The van der Waals surface area contributed by atoms with E-state index < -0.39 is 23.1 Å². The van der Waals surface area contributed by atoms with Gasteiger partial charge in [-0.25, -0.2) is 9.97 Å². The lowest BCUT2D eigenvalue weighted by Crippen LogP contribution is -2.29. The molecular weight excluding hydrogens is 568 g/mol. The molecule has 0 saturated carbocycles. The molecule has 40 heavy (non-hydrogen) atoms. The topological polar surface area (TPSA) is 113 Å². The van der Waals surface area contributed by atoms with Gasteiger partial charge in [0.2, 0.25) is 5.95 Å². The summed E-state index contributed by atoms with van der Waals surface area (Å²) in [6, 6.07) is 10.9. The Hall–Kier alpha value is -3.98. The predicted molar refractivity (Wildman–Crippen MR) is 145 cm³/mol. The first-order valence-electron chi connectivity index (χ1n) is 12.1. The number of fused-ring (bicyclic) bond motifs is 1. The molecule has 204 valence electrons. The van der Waals surface area contributed by atoms with Gasteiger partial charge in [-0.1, -0.05) is 35.3 Å². The van der Waals surface area contributed by atoms with E-state index in [2.05, 4.69) is 20.6 Å². The van der Waals surface area contributed by atoms with Crippen LogP contribution in [0.3, 0.4) is 0 Å². The summed E-state index contributed by atoms with van der Waals surface area (Å²) < 4.78 is 41.5. The van der Waals surface area contributed by atoms with E-state index in [-0.39, 0.29) is 49.8 Å². The highest BCUT2D eigenvalue weighted by Gasteiger charge is 2.41. The van der Waals surface area contributed by atoms with Crippen molar-refractivity contribution in [3.8, 4) is 11.8 Å². The van der Waals surface area contributed by atoms with Crippen LogP contribution in [0, 0.1) is 11.3 Å². The molecule has 3 heterocycles. The average Bonchev–Trinajstić information content (AvgIpc) is 2.93. The molecule has 0 radical (unpaired) electrons. The molecule has 0 spiro atoms. The van der Waals surface area contributed by atoms with Gasteiger partial charge in [0.25, 0.3) is 11.3 Å². The third kappa shape index (κ3) is 5.25. The molecule has 8 nitrogen and oxygen atoms in total. The van der Waals surface area contributed by atoms with Crippen molar-refractivity contribution in [3.63, 3.8) is 0 Å². The van der Waals surface area contributed by atoms with Crippen LogP contribution in [0.2, 0.25) is 10.0 Å². The second kappa shape index (κ2) is 10.9. The van der Waals surface area contributed by atoms with Gasteiger partial charge in [0.1, 0.15) is 11.6 Å². The number of halogens is 5. The molecule has 1 fully saturated rings. The fraction of sp³-hybridized carbons (Fsp3) is 0.222. The number of nitrogens with zero attached hydrogens (tertiary/aromatic N) is 4. The van der Waals surface area contributed by atoms with Gasteiger partial charge in [-0.3, -0.25) is 14.2 Å². The Morgan fingerprint density at radius 3 is 2.50 bits per heavy atom. The Morgan fingerprint density at radius 2 is 1.85 bits per heavy atom. The number of anilines is 2. The lowest BCUT2D eigenvalue weighted by Gasteiger charge is -2.25. The molecule has 1 aliphatic heterocycles. The first-order valence-corrected chi connectivity index (χ1v) is 12.8. The number of hydrogen-bond acceptors (Lipinski definition) is 7. The van der Waals surface area contributed by atoms with Crippen molar-refractivity contribution in [2.45, 2.75) is 24.9 Å². The van der Waals surface area contributed by atoms with Crippen LogP contribution in [-0.2, 0) is 0 Å². The Morgan fingerprint density at radius 1 is 1.15 bits per heavy atom. The van der Waals surface area contributed by atoms with E-state index in [9.17, 15) is 28.0 Å². The van der Waals surface area contributed by atoms with Crippen molar-refractivity contribution in [1.82, 2.24) is 19.9 Å². The van der Waals surface area contributed by atoms with E-state index in [1.165, 1.54) is 18.5 Å². The van der Waals surface area contributed by atoms with E-state index in [0.717, 1.165) is 10.6 Å². The third-order valence-corrected chi connectivity index (χ3v) is 7.25. The molecule has 2 aromatic carbocycles. The van der Waals surface area contributed by atoms with Crippen LogP contribution < -0.4 is 16.2 Å². The van der Waals surface area contributed by atoms with Gasteiger partial charge >= 0.3 is 6.18 Å². The highest BCUT2D eigenvalue weighted by atomic mass is 35.5. The quantitative estimate of drug-likeness (QED) is 0.279. The smallest absolute Gasteiger partial charge is 0.324 e. The Labute approximate surface area is 235 Å². The summed E-state index contributed by atoms with van der Waals surface area (Å²) in [5.74, 6) is -2.22. The number of nitriles is 1. The number of benzene rings is 2. The lowest BCUT2D eigenvalue weighted by molar-refractivity contribution is -0.0886. The molecule has 2 aromatic heterocycles. The zero-order valence-electron chi connectivity index (χ0n) is 20.5. The number of carbonyl (C=O) groups excluding carboxylic acids is 1. The van der Waals surface area contributed by atoms with Gasteiger partial charge in [-0.15, -0.1) is 0 Å². The number of ketones is 1. The van der Waals surface area contributed by atoms with Gasteiger partial charge in [0.05, 0.1) is 26.7 Å². The zero-order chi connectivity index (χ0) is 28.6. The van der Waals surface area contributed by atoms with Gasteiger partial charge in [-0.05, 0) is 61.7 Å². The van der Waals surface area contributed by atoms with Crippen LogP contribution in [0.4, 0.5) is 24.8 Å². The molecule has 1 saturated heterocycles. The van der Waals surface area contributed by atoms with Crippen LogP contribution >= 0.6 is 23.2 Å². The molecule has 0 bridgehead atoms. The summed E-state index contributed by atoms with van der Waals surface area (Å²) in [7, 11) is 0. The number of hydrogen-bond donors (Lipinski definition) is 2. The molecule has 4 aromatic rings. The van der Waals surface area contributed by atoms with Gasteiger partial charge < -0.3 is 10.6 Å². The number of pyridine rings is 1. The summed E-state index contributed by atoms with van der Waals surface area (Å²) in [6.45, 7) is 1.28. The maximum absolute atomic E-state index is 13.5. The second-order valence-corrected chi connectivity index (χ2v) is 9.95. The molecule has 0 aliphatic carbocycles. The van der Waals surface area contributed by atoms with Gasteiger partial charge in [-0.2, -0.15) is 18.4 Å². The van der Waals surface area contributed by atoms with E-state index in [1.54, 1.807) is 24.3 Å². The Bertz CT molecular complexity index is 1720. The fourth-order valence-electron chi connectivity index (χ4n) is 4.75. The average molecular weight is 587 g/mol. The molecule has 0 amide bonds. The Balaban J connectivity index is 1.56. The highest BCUT2D eigenvalue weighted by Crippen LogP contribution is 2.34. The van der Waals surface area contributed by atoms with Gasteiger partial charge in [0, 0.05) is 23.6 Å². The van der Waals surface area contributed by atoms with Crippen molar-refractivity contribution >= 4 is 51.5 Å². The number of Topliss-reactive ketones (excluding diaryl/α,β-unsaturated/α-hetero) is 1. The predicted octanol–water partition coefficient (Wildman–Crippen LogP) is 5.91. The summed E-state index contributed by atoms with van der Waals surface area (Å²) in [4.78, 5) is 34.0. The van der Waals surface area contributed by atoms with Gasteiger partial charge in [0.15, 0.2) is 0 Å². The van der Waals surface area contributed by atoms with Crippen LogP contribution in [0.1, 0.15) is 40.2 Å². The number of rotatable bonds is 5. The molecule has 0 atom stereocenters. The SMILES string of the molecule is N#Cc1cn(-c2c(Cl)cccc2Cl)c(=O)c2cnc(Nc3ccc(C4CCNCC4)c(C(=O)C(F)(F)F)c3)nc12. The summed E-state index contributed by atoms with van der Waals surface area (Å²) in [5.41, 5.74) is -0.347. The molecule has 2 N–H and O–H groups in total. The van der Waals surface area contributed by atoms with E-state index in [4.69, 9.17) is 23.2 Å². The van der Waals surface area contributed by atoms with Crippen molar-refractivity contribution in [2.24, 2.45) is 0 Å². The number of para-hydroxylation sites is 1. The molecule has 5 rings (SSSR count). The van der Waals surface area contributed by atoms with Crippen molar-refractivity contribution < 1.29 is 18.0 Å². The minimum Gasteiger partial charge on any atom is -0.324 e. The maximum atomic E-state index is 13.5. The molecule has 1 aliphatic rings. The number of alkyl halides is 3. The van der Waals surface area contributed by atoms with E-state index in [0.29, 0.717) is 31.5 Å². The standard InChI is InChI=1S/C27H19Cl2F3N6O2/c28-20-2-1-3-21(29)23(20)38-13-15(11-33)22-19(25(38)40)12-35-26(37-22)36-16-4-5-17(14-6-8-34-9-7-14)18(10-16)24(39)27(30,31)32/h1-5,10,12-14,34H,6-9H2,(H,35,36,37). The van der Waals surface area contributed by atoms with Crippen LogP contribution in [0.15, 0.2) is 53.6 Å². The van der Waals surface area contributed by atoms with Crippen LogP contribution in [-0.4, -0.2) is 39.6 Å². The zero-order valence-corrected chi connectivity index (χ0v) is 22.0. The number of nitrogens with one attached hydrogen (secondary N) is 2. The minimum absolute atomic E-state index is 0.00483. The number of piperidine rings is 1. The second-order valence-electron chi connectivity index (χ2n) is 9.13. The number of aromatic nitrogens is 3. The fourth-order valence-corrected chi connectivity index (χ4v) is 5.33. The summed E-state index contributed by atoms with van der Waals surface area (Å²) >= 11 is 12.5. The van der Waals surface area contributed by atoms with Crippen LogP contribution in [0.25, 0.3) is 16.6 Å². The van der Waals surface area contributed by atoms with E-state index >= 15 is 0 Å².